The van der Waals surface area contributed by atoms with Gasteiger partial charge in [0, 0.05) is 77.2 Å². The van der Waals surface area contributed by atoms with E-state index in [2.05, 4.69) is 31.2 Å². The van der Waals surface area contributed by atoms with Crippen molar-refractivity contribution in [1.29, 1.82) is 5.26 Å². The molecule has 3 aromatic heterocycles. The van der Waals surface area contributed by atoms with E-state index in [-0.39, 0.29) is 40.5 Å². The molecule has 274 valence electrons. The van der Waals surface area contributed by atoms with Crippen LogP contribution >= 0.6 is 23.2 Å². The van der Waals surface area contributed by atoms with Gasteiger partial charge in [0.15, 0.2) is 11.6 Å². The van der Waals surface area contributed by atoms with Gasteiger partial charge in [0.05, 0.1) is 47.9 Å². The zero-order valence-electron chi connectivity index (χ0n) is 29.6. The number of nitrogens with one attached hydrogen (secondary N) is 2. The molecular weight excluding hydrogens is 718 g/mol. The van der Waals surface area contributed by atoms with Gasteiger partial charge in [-0.3, -0.25) is 4.90 Å². The summed E-state index contributed by atoms with van der Waals surface area (Å²) in [4.78, 5) is 34.4. The zero-order valence-corrected chi connectivity index (χ0v) is 31.1. The van der Waals surface area contributed by atoms with Crippen molar-refractivity contribution in [3.05, 3.63) is 75.5 Å². The van der Waals surface area contributed by atoms with E-state index in [1.807, 2.05) is 19.1 Å². The molecule has 10 rings (SSSR count). The van der Waals surface area contributed by atoms with Gasteiger partial charge in [-0.2, -0.15) is 5.26 Å². The van der Waals surface area contributed by atoms with Gasteiger partial charge in [-0.15, -0.1) is 0 Å². The third-order valence-corrected chi connectivity index (χ3v) is 12.0. The maximum atomic E-state index is 16.7. The average Bonchev–Trinajstić information content (AvgIpc) is 3.97. The molecule has 1 saturated carbocycles. The number of benzene rings is 2. The normalized spacial score (nSPS) is 22.7. The van der Waals surface area contributed by atoms with Crippen LogP contribution in [0.1, 0.15) is 48.7 Å². The maximum absolute atomic E-state index is 16.7. The molecule has 2 aromatic carbocycles. The summed E-state index contributed by atoms with van der Waals surface area (Å²) in [6.07, 6.45) is 6.97. The minimum atomic E-state index is -0.540. The molecule has 4 aliphatic heterocycles. The summed E-state index contributed by atoms with van der Waals surface area (Å²) >= 11 is 12.9. The number of fused-ring (bicyclic) bond motifs is 6. The number of amides is 1. The first-order valence-corrected chi connectivity index (χ1v) is 18.6. The number of anilines is 1. The average molecular weight is 758 g/mol. The Labute approximate surface area is 316 Å². The van der Waals surface area contributed by atoms with E-state index in [4.69, 9.17) is 37.7 Å². The SMILES string of the molecule is C1NC2CC1C2.COC(=O)N1C2CC(CN(c3nccnc3OC)C2)C1c1cc2c(C)nc3c(F)c(-c4cccc(Cl)c4Cl)c(CCC#N)cc3c2[nH]1. The highest BCUT2D eigenvalue weighted by Crippen LogP contribution is 2.48. The summed E-state index contributed by atoms with van der Waals surface area (Å²) < 4.78 is 27.4. The number of ether oxygens (including phenoxy) is 2. The van der Waals surface area contributed by atoms with Crippen molar-refractivity contribution < 1.29 is 18.7 Å². The van der Waals surface area contributed by atoms with Gasteiger partial charge in [0.25, 0.3) is 5.88 Å². The second-order valence-electron chi connectivity index (χ2n) is 14.3. The third kappa shape index (κ3) is 6.18. The van der Waals surface area contributed by atoms with Crippen LogP contribution in [0, 0.1) is 35.9 Å². The summed E-state index contributed by atoms with van der Waals surface area (Å²) in [5.41, 5.74) is 3.62. The molecule has 2 N–H and O–H groups in total. The van der Waals surface area contributed by atoms with E-state index in [9.17, 15) is 10.1 Å². The predicted octanol–water partition coefficient (Wildman–Crippen LogP) is 7.78. The Balaban J connectivity index is 0.000000599. The summed E-state index contributed by atoms with van der Waals surface area (Å²) in [5.74, 6) is 1.60. The molecule has 5 fully saturated rings. The minimum absolute atomic E-state index is 0.0200. The van der Waals surface area contributed by atoms with Crippen molar-refractivity contribution in [1.82, 2.24) is 30.2 Å². The standard InChI is InChI=1S/C34H30Cl2FN7O3.C5H9N/c1-17-22-14-25(31-19-12-20(44(31)34(45)47-3)16-43(15-19)32-33(46-2)40-11-10-39-32)42-29(22)23-13-18(6-5-9-38)26(28(37)30(23)41-17)21-7-4-8-24(35)27(21)36;1-4-2-5(1)6-3-4/h4,7-8,10-11,13-14,19-20,31,42H,5-6,12,15-16H2,1-3H3;4-6H,1-3H2. The van der Waals surface area contributed by atoms with E-state index in [1.54, 1.807) is 42.6 Å². The monoisotopic (exact) mass is 756 g/mol. The number of pyridine rings is 1. The topological polar surface area (TPSA) is 132 Å². The lowest BCUT2D eigenvalue weighted by Gasteiger charge is -2.33. The highest BCUT2D eigenvalue weighted by Gasteiger charge is 2.50. The highest BCUT2D eigenvalue weighted by molar-refractivity contribution is 6.43. The number of aromatic nitrogens is 4. The molecular formula is C39H39Cl2FN8O3. The van der Waals surface area contributed by atoms with Gasteiger partial charge in [-0.25, -0.2) is 24.1 Å². The molecule has 3 atom stereocenters. The van der Waals surface area contributed by atoms with E-state index < -0.39 is 11.9 Å². The molecule has 5 aromatic rings. The van der Waals surface area contributed by atoms with Crippen molar-refractivity contribution >= 4 is 56.9 Å². The number of hydrogen-bond acceptors (Lipinski definition) is 9. The number of aryl methyl sites for hydroxylation is 2. The molecule has 7 heterocycles. The molecule has 53 heavy (non-hydrogen) atoms. The largest absolute Gasteiger partial charge is 0.478 e. The third-order valence-electron chi connectivity index (χ3n) is 11.2. The second kappa shape index (κ2) is 14.3. The molecule has 4 bridgehead atoms. The number of hydrogen-bond donors (Lipinski definition) is 2. The predicted molar refractivity (Wildman–Crippen MR) is 202 cm³/mol. The van der Waals surface area contributed by atoms with Gasteiger partial charge in [0.1, 0.15) is 5.52 Å². The number of likely N-dealkylation sites (tertiary alicyclic amines) is 1. The van der Waals surface area contributed by atoms with Crippen molar-refractivity contribution in [3.8, 4) is 23.1 Å². The lowest BCUT2D eigenvalue weighted by molar-refractivity contribution is 0.102. The lowest BCUT2D eigenvalue weighted by Crippen LogP contribution is -2.44. The van der Waals surface area contributed by atoms with Crippen LogP contribution in [0.3, 0.4) is 0 Å². The summed E-state index contributed by atoms with van der Waals surface area (Å²) in [6.45, 7) is 4.28. The molecule has 11 nitrogen and oxygen atoms in total. The molecule has 5 aliphatic rings. The number of aromatic amines is 1. The first-order chi connectivity index (χ1) is 25.7. The Morgan fingerprint density at radius 2 is 1.92 bits per heavy atom. The fourth-order valence-corrected chi connectivity index (χ4v) is 9.14. The maximum Gasteiger partial charge on any atom is 0.410 e. The molecule has 3 unspecified atom stereocenters. The zero-order chi connectivity index (χ0) is 37.0. The number of nitrogens with zero attached hydrogens (tertiary/aromatic N) is 6. The van der Waals surface area contributed by atoms with Crippen molar-refractivity contribution in [2.24, 2.45) is 11.8 Å². The first kappa shape index (κ1) is 35.3. The molecule has 0 radical (unpaired) electrons. The minimum Gasteiger partial charge on any atom is -0.478 e. The number of halogens is 3. The number of rotatable bonds is 6. The Kier molecular flexibility index (Phi) is 9.51. The fraction of sp³-hybridized carbons (Fsp3) is 0.410. The Morgan fingerprint density at radius 1 is 1.11 bits per heavy atom. The van der Waals surface area contributed by atoms with Crippen molar-refractivity contribution in [2.75, 3.05) is 38.8 Å². The van der Waals surface area contributed by atoms with Crippen LogP contribution in [0.5, 0.6) is 5.88 Å². The molecule has 1 amide bonds. The fourth-order valence-electron chi connectivity index (χ4n) is 8.75. The quantitative estimate of drug-likeness (QED) is 0.178. The summed E-state index contributed by atoms with van der Waals surface area (Å²) in [6, 6.07) is 11.6. The van der Waals surface area contributed by atoms with Crippen LogP contribution < -0.4 is 15.0 Å². The number of methoxy groups -OCH3 is 2. The lowest BCUT2D eigenvalue weighted by atomic mass is 9.87. The molecule has 14 heteroatoms. The Morgan fingerprint density at radius 3 is 2.62 bits per heavy atom. The van der Waals surface area contributed by atoms with Crippen LogP contribution in [0.25, 0.3) is 32.9 Å². The van der Waals surface area contributed by atoms with Gasteiger partial charge in [-0.05, 0) is 68.8 Å². The number of carbonyl (C=O) groups excluding carboxylic acids is 1. The van der Waals surface area contributed by atoms with Crippen LogP contribution in [-0.2, 0) is 11.2 Å². The summed E-state index contributed by atoms with van der Waals surface area (Å²) in [7, 11) is 2.94. The van der Waals surface area contributed by atoms with Gasteiger partial charge >= 0.3 is 6.09 Å². The van der Waals surface area contributed by atoms with Gasteiger partial charge < -0.3 is 24.7 Å². The smallest absolute Gasteiger partial charge is 0.410 e. The van der Waals surface area contributed by atoms with Crippen LogP contribution in [-0.4, -0.2) is 76.9 Å². The number of nitriles is 1. The second-order valence-corrected chi connectivity index (χ2v) is 15.1. The van der Waals surface area contributed by atoms with E-state index in [0.717, 1.165) is 29.5 Å². The Hall–Kier alpha value is -4.70. The van der Waals surface area contributed by atoms with Crippen LogP contribution in [0.15, 0.2) is 42.7 Å². The van der Waals surface area contributed by atoms with Crippen molar-refractivity contribution in [2.45, 2.75) is 57.2 Å². The molecule has 0 spiro atoms. The summed E-state index contributed by atoms with van der Waals surface area (Å²) in [5, 5.41) is 14.7. The van der Waals surface area contributed by atoms with Gasteiger partial charge in [0.2, 0.25) is 0 Å². The Bertz CT molecular complexity index is 2260. The van der Waals surface area contributed by atoms with Gasteiger partial charge in [-0.1, -0.05) is 35.3 Å². The number of H-pyrrole nitrogens is 1. The molecule has 4 saturated heterocycles. The van der Waals surface area contributed by atoms with Crippen LogP contribution in [0.2, 0.25) is 10.0 Å². The van der Waals surface area contributed by atoms with E-state index in [1.165, 1.54) is 26.5 Å². The van der Waals surface area contributed by atoms with Crippen LogP contribution in [0.4, 0.5) is 15.0 Å². The first-order valence-electron chi connectivity index (χ1n) is 17.9. The van der Waals surface area contributed by atoms with Crippen molar-refractivity contribution in [3.63, 3.8) is 0 Å². The number of piperidine rings is 1. The van der Waals surface area contributed by atoms with E-state index in [0.29, 0.717) is 64.0 Å². The van der Waals surface area contributed by atoms with E-state index >= 15 is 4.39 Å². The molecule has 1 aliphatic carbocycles. The number of carbonyl (C=O) groups is 1. The highest BCUT2D eigenvalue weighted by atomic mass is 35.5.